The maximum atomic E-state index is 12.8. The van der Waals surface area contributed by atoms with Gasteiger partial charge in [-0.25, -0.2) is 4.79 Å². The number of rotatable bonds is 8. The second-order valence-electron chi connectivity index (χ2n) is 8.01. The summed E-state index contributed by atoms with van der Waals surface area (Å²) in [5.74, 6) is 0.209. The van der Waals surface area contributed by atoms with Crippen LogP contribution in [0.4, 0.5) is 0 Å². The van der Waals surface area contributed by atoms with E-state index in [0.717, 1.165) is 28.2 Å². The third-order valence-corrected chi connectivity index (χ3v) is 6.49. The number of hydrogen-bond acceptors (Lipinski definition) is 6. The average Bonchev–Trinajstić information content (AvgIpc) is 3.31. The number of hydrogen-bond donors (Lipinski definition) is 1. The zero-order chi connectivity index (χ0) is 24.8. The standard InChI is InChI=1S/C27H26N4O3S/c1-18-9-15-23(16-10-18)31-24(21-7-5-4-6-8-21)29-30-27(31)35-19(2)25(32)28-17-20-11-13-22(14-12-20)26(33)34-3/h4-16,19H,17H2,1-3H3,(H,28,32). The Balaban J connectivity index is 1.50. The molecule has 8 heteroatoms. The van der Waals surface area contributed by atoms with Gasteiger partial charge in [0.15, 0.2) is 11.0 Å². The Morgan fingerprint density at radius 2 is 1.66 bits per heavy atom. The van der Waals surface area contributed by atoms with Crippen LogP contribution in [0.1, 0.15) is 28.4 Å². The van der Waals surface area contributed by atoms with E-state index in [0.29, 0.717) is 17.3 Å². The Bertz CT molecular complexity index is 1300. The lowest BCUT2D eigenvalue weighted by molar-refractivity contribution is -0.120. The highest BCUT2D eigenvalue weighted by Gasteiger charge is 2.22. The summed E-state index contributed by atoms with van der Waals surface area (Å²) in [5.41, 5.74) is 4.39. The fraction of sp³-hybridized carbons (Fsp3) is 0.185. The van der Waals surface area contributed by atoms with E-state index in [-0.39, 0.29) is 5.91 Å². The summed E-state index contributed by atoms with van der Waals surface area (Å²) < 4.78 is 6.70. The molecule has 0 aliphatic carbocycles. The van der Waals surface area contributed by atoms with Crippen LogP contribution in [0, 0.1) is 6.92 Å². The number of ether oxygens (including phenoxy) is 1. The number of thioether (sulfide) groups is 1. The minimum atomic E-state index is -0.402. The van der Waals surface area contributed by atoms with Crippen molar-refractivity contribution >= 4 is 23.6 Å². The van der Waals surface area contributed by atoms with Crippen molar-refractivity contribution in [3.8, 4) is 17.1 Å². The van der Waals surface area contributed by atoms with Crippen LogP contribution < -0.4 is 5.32 Å². The molecule has 0 fully saturated rings. The number of aryl methyl sites for hydroxylation is 1. The molecule has 1 unspecified atom stereocenters. The van der Waals surface area contributed by atoms with Gasteiger partial charge < -0.3 is 10.1 Å². The Labute approximate surface area is 208 Å². The third kappa shape index (κ3) is 5.78. The molecule has 4 aromatic rings. The fourth-order valence-electron chi connectivity index (χ4n) is 3.47. The molecule has 0 aliphatic rings. The van der Waals surface area contributed by atoms with Gasteiger partial charge in [-0.15, -0.1) is 10.2 Å². The number of benzene rings is 3. The van der Waals surface area contributed by atoms with E-state index >= 15 is 0 Å². The summed E-state index contributed by atoms with van der Waals surface area (Å²) in [7, 11) is 1.35. The van der Waals surface area contributed by atoms with Gasteiger partial charge in [-0.3, -0.25) is 9.36 Å². The molecule has 0 aliphatic heterocycles. The normalized spacial score (nSPS) is 11.6. The summed E-state index contributed by atoms with van der Waals surface area (Å²) in [4.78, 5) is 24.4. The van der Waals surface area contributed by atoms with Crippen molar-refractivity contribution in [1.29, 1.82) is 0 Å². The van der Waals surface area contributed by atoms with E-state index in [2.05, 4.69) is 15.5 Å². The van der Waals surface area contributed by atoms with E-state index in [1.165, 1.54) is 18.9 Å². The van der Waals surface area contributed by atoms with Crippen molar-refractivity contribution in [2.24, 2.45) is 0 Å². The third-order valence-electron chi connectivity index (χ3n) is 5.45. The van der Waals surface area contributed by atoms with Crippen molar-refractivity contribution in [2.45, 2.75) is 30.8 Å². The van der Waals surface area contributed by atoms with Crippen molar-refractivity contribution in [2.75, 3.05) is 7.11 Å². The molecule has 35 heavy (non-hydrogen) atoms. The highest BCUT2D eigenvalue weighted by atomic mass is 32.2. The van der Waals surface area contributed by atoms with Crippen LogP contribution in [0.2, 0.25) is 0 Å². The maximum absolute atomic E-state index is 12.8. The van der Waals surface area contributed by atoms with Crippen LogP contribution in [0.15, 0.2) is 84.0 Å². The summed E-state index contributed by atoms with van der Waals surface area (Å²) in [6, 6.07) is 25.0. The Hall–Kier alpha value is -3.91. The first-order valence-corrected chi connectivity index (χ1v) is 12.0. The molecule has 7 nitrogen and oxygen atoms in total. The highest BCUT2D eigenvalue weighted by molar-refractivity contribution is 8.00. The topological polar surface area (TPSA) is 86.1 Å². The van der Waals surface area contributed by atoms with Crippen LogP contribution in [-0.2, 0) is 16.1 Å². The number of aromatic nitrogens is 3. The van der Waals surface area contributed by atoms with Crippen LogP contribution in [0.5, 0.6) is 0 Å². The van der Waals surface area contributed by atoms with Crippen LogP contribution in [-0.4, -0.2) is 39.0 Å². The predicted molar refractivity (Wildman–Crippen MR) is 136 cm³/mol. The first-order chi connectivity index (χ1) is 17.0. The molecule has 1 heterocycles. The first kappa shape index (κ1) is 24.2. The van der Waals surface area contributed by atoms with Gasteiger partial charge in [-0.1, -0.05) is 71.9 Å². The SMILES string of the molecule is COC(=O)c1ccc(CNC(=O)C(C)Sc2nnc(-c3ccccc3)n2-c2ccc(C)cc2)cc1. The molecule has 1 aromatic heterocycles. The molecule has 0 spiro atoms. The van der Waals surface area contributed by atoms with Gasteiger partial charge in [0.05, 0.1) is 17.9 Å². The molecule has 1 N–H and O–H groups in total. The summed E-state index contributed by atoms with van der Waals surface area (Å²) in [6.45, 7) is 4.24. The number of esters is 1. The van der Waals surface area contributed by atoms with E-state index in [9.17, 15) is 9.59 Å². The monoisotopic (exact) mass is 486 g/mol. The molecular formula is C27H26N4O3S. The van der Waals surface area contributed by atoms with Crippen LogP contribution >= 0.6 is 11.8 Å². The highest BCUT2D eigenvalue weighted by Crippen LogP contribution is 2.30. The van der Waals surface area contributed by atoms with Gasteiger partial charge in [0.2, 0.25) is 5.91 Å². The molecule has 1 amide bonds. The number of methoxy groups -OCH3 is 1. The van der Waals surface area contributed by atoms with Gasteiger partial charge in [0, 0.05) is 17.8 Å². The molecule has 0 saturated carbocycles. The van der Waals surface area contributed by atoms with Gasteiger partial charge >= 0.3 is 5.97 Å². The van der Waals surface area contributed by atoms with Gasteiger partial charge in [0.1, 0.15) is 0 Å². The van der Waals surface area contributed by atoms with Crippen LogP contribution in [0.25, 0.3) is 17.1 Å². The zero-order valence-corrected chi connectivity index (χ0v) is 20.6. The smallest absolute Gasteiger partial charge is 0.337 e. The molecular weight excluding hydrogens is 460 g/mol. The zero-order valence-electron chi connectivity index (χ0n) is 19.8. The number of nitrogens with one attached hydrogen (secondary N) is 1. The molecule has 4 rings (SSSR count). The average molecular weight is 487 g/mol. The molecule has 0 saturated heterocycles. The van der Waals surface area contributed by atoms with Gasteiger partial charge in [-0.05, 0) is 43.7 Å². The quantitative estimate of drug-likeness (QED) is 0.284. The number of carbonyl (C=O) groups excluding carboxylic acids is 2. The summed E-state index contributed by atoms with van der Waals surface area (Å²) in [6.07, 6.45) is 0. The van der Waals surface area contributed by atoms with Gasteiger partial charge in [0.25, 0.3) is 0 Å². The number of carbonyl (C=O) groups is 2. The van der Waals surface area contributed by atoms with Crippen molar-refractivity contribution < 1.29 is 14.3 Å². The molecule has 3 aromatic carbocycles. The first-order valence-electron chi connectivity index (χ1n) is 11.2. The minimum Gasteiger partial charge on any atom is -0.465 e. The van der Waals surface area contributed by atoms with Gasteiger partial charge in [-0.2, -0.15) is 0 Å². The predicted octanol–water partition coefficient (Wildman–Crippen LogP) is 4.83. The second kappa shape index (κ2) is 11.0. The fourth-order valence-corrected chi connectivity index (χ4v) is 4.36. The minimum absolute atomic E-state index is 0.119. The molecule has 0 bridgehead atoms. The van der Waals surface area contributed by atoms with Crippen molar-refractivity contribution in [1.82, 2.24) is 20.1 Å². The lowest BCUT2D eigenvalue weighted by Crippen LogP contribution is -2.30. The largest absolute Gasteiger partial charge is 0.465 e. The van der Waals surface area contributed by atoms with E-state index in [1.54, 1.807) is 24.3 Å². The van der Waals surface area contributed by atoms with E-state index < -0.39 is 11.2 Å². The summed E-state index contributed by atoms with van der Waals surface area (Å²) >= 11 is 1.35. The Morgan fingerprint density at radius 1 is 0.971 bits per heavy atom. The number of amides is 1. The lowest BCUT2D eigenvalue weighted by Gasteiger charge is -2.14. The van der Waals surface area contributed by atoms with E-state index in [1.807, 2.05) is 73.0 Å². The Morgan fingerprint density at radius 3 is 2.31 bits per heavy atom. The van der Waals surface area contributed by atoms with Crippen LogP contribution in [0.3, 0.4) is 0 Å². The molecule has 1 atom stereocenters. The maximum Gasteiger partial charge on any atom is 0.337 e. The summed E-state index contributed by atoms with van der Waals surface area (Å²) in [5, 5.41) is 12.1. The molecule has 178 valence electrons. The van der Waals surface area contributed by atoms with Crippen molar-refractivity contribution in [3.63, 3.8) is 0 Å². The molecule has 0 radical (unpaired) electrons. The second-order valence-corrected chi connectivity index (χ2v) is 9.32. The Kier molecular flexibility index (Phi) is 7.62. The van der Waals surface area contributed by atoms with E-state index in [4.69, 9.17) is 4.74 Å². The van der Waals surface area contributed by atoms with Crippen molar-refractivity contribution in [3.05, 3.63) is 95.6 Å². The number of nitrogens with zero attached hydrogens (tertiary/aromatic N) is 3. The lowest BCUT2D eigenvalue weighted by atomic mass is 10.1.